The van der Waals surface area contributed by atoms with Gasteiger partial charge in [-0.15, -0.1) is 0 Å². The zero-order valence-electron chi connectivity index (χ0n) is 12.7. The van der Waals surface area contributed by atoms with Crippen LogP contribution < -0.4 is 10.0 Å². The highest BCUT2D eigenvalue weighted by atomic mass is 32.2. The minimum absolute atomic E-state index is 0.429. The van der Waals surface area contributed by atoms with Crippen molar-refractivity contribution in [3.63, 3.8) is 0 Å². The Bertz CT molecular complexity index is 554. The molecular formula is C15H25N3O2S. The fourth-order valence-corrected chi connectivity index (χ4v) is 4.37. The zero-order valence-corrected chi connectivity index (χ0v) is 13.5. The Balaban J connectivity index is 2.30. The average molecular weight is 311 g/mol. The molecule has 1 aromatic carbocycles. The van der Waals surface area contributed by atoms with Gasteiger partial charge in [0.15, 0.2) is 0 Å². The number of aryl methyl sites for hydroxylation is 1. The zero-order chi connectivity index (χ0) is 15.3. The van der Waals surface area contributed by atoms with Gasteiger partial charge >= 0.3 is 10.2 Å². The SMILES string of the molecule is Cc1cccc(N(CCCN)S(=O)(=O)N2CCCCC2)c1. The second-order valence-corrected chi connectivity index (χ2v) is 7.37. The van der Waals surface area contributed by atoms with Crippen molar-refractivity contribution in [2.24, 2.45) is 5.73 Å². The molecule has 0 bridgehead atoms. The normalized spacial score (nSPS) is 16.9. The van der Waals surface area contributed by atoms with E-state index < -0.39 is 10.2 Å². The lowest BCUT2D eigenvalue weighted by atomic mass is 10.2. The van der Waals surface area contributed by atoms with E-state index in [1.165, 1.54) is 4.31 Å². The Labute approximate surface area is 127 Å². The van der Waals surface area contributed by atoms with Gasteiger partial charge in [0.2, 0.25) is 0 Å². The predicted molar refractivity (Wildman–Crippen MR) is 86.5 cm³/mol. The molecule has 2 rings (SSSR count). The van der Waals surface area contributed by atoms with Crippen LogP contribution in [0, 0.1) is 6.92 Å². The van der Waals surface area contributed by atoms with Crippen molar-refractivity contribution in [3.05, 3.63) is 29.8 Å². The molecule has 5 nitrogen and oxygen atoms in total. The summed E-state index contributed by atoms with van der Waals surface area (Å²) in [4.78, 5) is 0. The van der Waals surface area contributed by atoms with E-state index in [1.54, 1.807) is 4.31 Å². The van der Waals surface area contributed by atoms with Crippen LogP contribution in [0.3, 0.4) is 0 Å². The molecule has 1 aromatic rings. The van der Waals surface area contributed by atoms with E-state index in [0.29, 0.717) is 32.6 Å². The topological polar surface area (TPSA) is 66.6 Å². The van der Waals surface area contributed by atoms with Crippen molar-refractivity contribution in [1.82, 2.24) is 4.31 Å². The third-order valence-corrected chi connectivity index (χ3v) is 5.74. The third kappa shape index (κ3) is 3.96. The van der Waals surface area contributed by atoms with Crippen LogP contribution in [0.5, 0.6) is 0 Å². The van der Waals surface area contributed by atoms with Gasteiger partial charge in [-0.05, 0) is 50.4 Å². The maximum atomic E-state index is 12.9. The van der Waals surface area contributed by atoms with E-state index >= 15 is 0 Å². The van der Waals surface area contributed by atoms with E-state index in [0.717, 1.165) is 30.5 Å². The average Bonchev–Trinajstić information content (AvgIpc) is 2.48. The minimum Gasteiger partial charge on any atom is -0.330 e. The van der Waals surface area contributed by atoms with Gasteiger partial charge in [-0.2, -0.15) is 12.7 Å². The summed E-state index contributed by atoms with van der Waals surface area (Å²) in [7, 11) is -3.46. The molecular weight excluding hydrogens is 286 g/mol. The van der Waals surface area contributed by atoms with Gasteiger partial charge in [0, 0.05) is 19.6 Å². The first-order chi connectivity index (χ1) is 10.1. The van der Waals surface area contributed by atoms with Crippen molar-refractivity contribution in [1.29, 1.82) is 0 Å². The summed E-state index contributed by atoms with van der Waals surface area (Å²) in [6, 6.07) is 7.63. The number of benzene rings is 1. The standard InChI is InChI=1S/C15H25N3O2S/c1-14-7-5-8-15(13-14)18(12-6-9-16)21(19,20)17-10-3-2-4-11-17/h5,7-8,13H,2-4,6,9-12,16H2,1H3. The van der Waals surface area contributed by atoms with Crippen LogP contribution >= 0.6 is 0 Å². The van der Waals surface area contributed by atoms with Gasteiger partial charge in [0.25, 0.3) is 0 Å². The van der Waals surface area contributed by atoms with Crippen LogP contribution in [0.4, 0.5) is 5.69 Å². The lowest BCUT2D eigenvalue weighted by Crippen LogP contribution is -2.46. The fraction of sp³-hybridized carbons (Fsp3) is 0.600. The maximum Gasteiger partial charge on any atom is 0.304 e. The van der Waals surface area contributed by atoms with Crippen molar-refractivity contribution in [3.8, 4) is 0 Å². The monoisotopic (exact) mass is 311 g/mol. The van der Waals surface area contributed by atoms with E-state index in [2.05, 4.69) is 0 Å². The summed E-state index contributed by atoms with van der Waals surface area (Å²) < 4.78 is 28.9. The molecule has 1 aliphatic rings. The van der Waals surface area contributed by atoms with Crippen LogP contribution in [0.1, 0.15) is 31.2 Å². The summed E-state index contributed by atoms with van der Waals surface area (Å²) in [5, 5.41) is 0. The number of piperidine rings is 1. The van der Waals surface area contributed by atoms with Crippen molar-refractivity contribution < 1.29 is 8.42 Å². The number of nitrogens with zero attached hydrogens (tertiary/aromatic N) is 2. The molecule has 0 atom stereocenters. The number of rotatable bonds is 6. The van der Waals surface area contributed by atoms with Crippen LogP contribution in [0.2, 0.25) is 0 Å². The molecule has 6 heteroatoms. The smallest absolute Gasteiger partial charge is 0.304 e. The number of hydrogen-bond donors (Lipinski definition) is 1. The summed E-state index contributed by atoms with van der Waals surface area (Å²) in [5.41, 5.74) is 7.36. The summed E-state index contributed by atoms with van der Waals surface area (Å²) in [5.74, 6) is 0. The van der Waals surface area contributed by atoms with Gasteiger partial charge in [0.1, 0.15) is 0 Å². The van der Waals surface area contributed by atoms with E-state index in [9.17, 15) is 8.42 Å². The number of hydrogen-bond acceptors (Lipinski definition) is 3. The molecule has 1 heterocycles. The van der Waals surface area contributed by atoms with Crippen molar-refractivity contribution in [2.75, 3.05) is 30.5 Å². The Kier molecular flexibility index (Phi) is 5.61. The van der Waals surface area contributed by atoms with Gasteiger partial charge in [-0.3, -0.25) is 4.31 Å². The molecule has 0 aliphatic carbocycles. The van der Waals surface area contributed by atoms with Gasteiger partial charge in [-0.1, -0.05) is 18.6 Å². The molecule has 0 spiro atoms. The minimum atomic E-state index is -3.46. The molecule has 0 aromatic heterocycles. The summed E-state index contributed by atoms with van der Waals surface area (Å²) in [6.45, 7) is 4.12. The van der Waals surface area contributed by atoms with Crippen LogP contribution in [-0.2, 0) is 10.2 Å². The first-order valence-electron chi connectivity index (χ1n) is 7.60. The first-order valence-corrected chi connectivity index (χ1v) is 9.00. The Hall–Kier alpha value is -1.11. The second kappa shape index (κ2) is 7.24. The van der Waals surface area contributed by atoms with Gasteiger partial charge < -0.3 is 5.73 Å². The van der Waals surface area contributed by atoms with Crippen LogP contribution in [-0.4, -0.2) is 38.9 Å². The summed E-state index contributed by atoms with van der Waals surface area (Å²) in [6.07, 6.45) is 3.65. The Morgan fingerprint density at radius 1 is 1.24 bits per heavy atom. The molecule has 21 heavy (non-hydrogen) atoms. The van der Waals surface area contributed by atoms with Crippen molar-refractivity contribution in [2.45, 2.75) is 32.6 Å². The van der Waals surface area contributed by atoms with Crippen LogP contribution in [0.15, 0.2) is 24.3 Å². The molecule has 0 amide bonds. The lowest BCUT2D eigenvalue weighted by Gasteiger charge is -2.33. The number of anilines is 1. The van der Waals surface area contributed by atoms with E-state index in [-0.39, 0.29) is 0 Å². The molecule has 2 N–H and O–H groups in total. The molecule has 1 fully saturated rings. The largest absolute Gasteiger partial charge is 0.330 e. The predicted octanol–water partition coefficient (Wildman–Crippen LogP) is 1.88. The molecule has 1 aliphatic heterocycles. The quantitative estimate of drug-likeness (QED) is 0.872. The van der Waals surface area contributed by atoms with Gasteiger partial charge in [-0.25, -0.2) is 0 Å². The summed E-state index contributed by atoms with van der Waals surface area (Å²) >= 11 is 0. The van der Waals surface area contributed by atoms with Crippen molar-refractivity contribution >= 4 is 15.9 Å². The first kappa shape index (κ1) is 16.3. The molecule has 1 saturated heterocycles. The Morgan fingerprint density at radius 2 is 1.95 bits per heavy atom. The number of nitrogens with two attached hydrogens (primary N) is 1. The highest BCUT2D eigenvalue weighted by Crippen LogP contribution is 2.24. The second-order valence-electron chi connectivity index (χ2n) is 5.52. The van der Waals surface area contributed by atoms with E-state index in [4.69, 9.17) is 5.73 Å². The van der Waals surface area contributed by atoms with Crippen LogP contribution in [0.25, 0.3) is 0 Å². The molecule has 0 radical (unpaired) electrons. The third-order valence-electron chi connectivity index (χ3n) is 3.77. The highest BCUT2D eigenvalue weighted by Gasteiger charge is 2.30. The van der Waals surface area contributed by atoms with E-state index in [1.807, 2.05) is 31.2 Å². The Morgan fingerprint density at radius 3 is 2.57 bits per heavy atom. The molecule has 0 saturated carbocycles. The lowest BCUT2D eigenvalue weighted by molar-refractivity contribution is 0.345. The fourth-order valence-electron chi connectivity index (χ4n) is 2.63. The molecule has 0 unspecified atom stereocenters. The maximum absolute atomic E-state index is 12.9. The highest BCUT2D eigenvalue weighted by molar-refractivity contribution is 7.90. The molecule has 118 valence electrons. The van der Waals surface area contributed by atoms with Gasteiger partial charge in [0.05, 0.1) is 5.69 Å².